The number of benzene rings is 1. The van der Waals surface area contributed by atoms with Crippen LogP contribution < -0.4 is 5.32 Å². The summed E-state index contributed by atoms with van der Waals surface area (Å²) >= 11 is 0. The van der Waals surface area contributed by atoms with E-state index in [0.717, 1.165) is 30.8 Å². The lowest BCUT2D eigenvalue weighted by Gasteiger charge is -2.13. The molecule has 1 N–H and O–H groups in total. The quantitative estimate of drug-likeness (QED) is 0.827. The van der Waals surface area contributed by atoms with Crippen molar-refractivity contribution in [3.8, 4) is 6.07 Å². The molecular weight excluding hydrogens is 198 g/mol. The van der Waals surface area contributed by atoms with Gasteiger partial charge >= 0.3 is 0 Å². The number of nitrogens with zero attached hydrogens (tertiary/aromatic N) is 2. The summed E-state index contributed by atoms with van der Waals surface area (Å²) in [5, 5.41) is 12.5. The summed E-state index contributed by atoms with van der Waals surface area (Å²) < 4.78 is 0. The zero-order valence-electron chi connectivity index (χ0n) is 9.61. The third-order valence-corrected chi connectivity index (χ3v) is 3.11. The molecule has 1 aliphatic heterocycles. The van der Waals surface area contributed by atoms with Crippen LogP contribution in [-0.2, 0) is 6.54 Å². The van der Waals surface area contributed by atoms with Gasteiger partial charge in [-0.05, 0) is 31.6 Å². The van der Waals surface area contributed by atoms with E-state index in [2.05, 4.69) is 23.3 Å². The SMILES string of the molecule is CN1CCC(NCc2ccccc2C#N)C1. The molecular formula is C13H17N3. The molecule has 0 radical (unpaired) electrons. The van der Waals surface area contributed by atoms with Crippen molar-refractivity contribution >= 4 is 0 Å². The number of nitrogens with one attached hydrogen (secondary N) is 1. The number of hydrogen-bond donors (Lipinski definition) is 1. The smallest absolute Gasteiger partial charge is 0.0995 e. The average Bonchev–Trinajstić information content (AvgIpc) is 2.73. The van der Waals surface area contributed by atoms with Gasteiger partial charge in [0.1, 0.15) is 0 Å². The fourth-order valence-corrected chi connectivity index (χ4v) is 2.14. The lowest BCUT2D eigenvalue weighted by molar-refractivity contribution is 0.397. The maximum Gasteiger partial charge on any atom is 0.0995 e. The third-order valence-electron chi connectivity index (χ3n) is 3.11. The van der Waals surface area contributed by atoms with Crippen molar-refractivity contribution in [3.63, 3.8) is 0 Å². The molecule has 1 heterocycles. The van der Waals surface area contributed by atoms with Crippen molar-refractivity contribution in [1.82, 2.24) is 10.2 Å². The van der Waals surface area contributed by atoms with E-state index in [0.29, 0.717) is 6.04 Å². The fourth-order valence-electron chi connectivity index (χ4n) is 2.14. The van der Waals surface area contributed by atoms with E-state index in [4.69, 9.17) is 5.26 Å². The molecule has 1 aromatic rings. The van der Waals surface area contributed by atoms with Crippen molar-refractivity contribution in [1.29, 1.82) is 5.26 Å². The van der Waals surface area contributed by atoms with Crippen molar-refractivity contribution in [2.45, 2.75) is 19.0 Å². The number of likely N-dealkylation sites (N-methyl/N-ethyl adjacent to an activating group) is 1. The Hall–Kier alpha value is -1.37. The minimum Gasteiger partial charge on any atom is -0.309 e. The van der Waals surface area contributed by atoms with E-state index < -0.39 is 0 Å². The molecule has 0 spiro atoms. The Kier molecular flexibility index (Phi) is 3.55. The average molecular weight is 215 g/mol. The van der Waals surface area contributed by atoms with Gasteiger partial charge in [0.15, 0.2) is 0 Å². The molecule has 0 amide bonds. The molecule has 1 fully saturated rings. The molecule has 2 rings (SSSR count). The monoisotopic (exact) mass is 215 g/mol. The standard InChI is InChI=1S/C13H17N3/c1-16-7-6-13(10-16)15-9-12-5-3-2-4-11(12)8-14/h2-5,13,15H,6-7,9-10H2,1H3. The first-order valence-corrected chi connectivity index (χ1v) is 5.69. The Morgan fingerprint density at radius 3 is 3.00 bits per heavy atom. The van der Waals surface area contributed by atoms with Crippen LogP contribution in [0.5, 0.6) is 0 Å². The second kappa shape index (κ2) is 5.11. The number of likely N-dealkylation sites (tertiary alicyclic amines) is 1. The summed E-state index contributed by atoms with van der Waals surface area (Å²) in [5.74, 6) is 0. The molecule has 0 aromatic heterocycles. The highest BCUT2D eigenvalue weighted by Gasteiger charge is 2.18. The highest BCUT2D eigenvalue weighted by atomic mass is 15.2. The number of nitriles is 1. The highest BCUT2D eigenvalue weighted by molar-refractivity contribution is 5.37. The molecule has 1 aromatic carbocycles. The second-order valence-electron chi connectivity index (χ2n) is 4.40. The van der Waals surface area contributed by atoms with Gasteiger partial charge in [-0.1, -0.05) is 18.2 Å². The predicted molar refractivity (Wildman–Crippen MR) is 63.9 cm³/mol. The Bertz CT molecular complexity index is 394. The van der Waals surface area contributed by atoms with E-state index >= 15 is 0 Å². The molecule has 16 heavy (non-hydrogen) atoms. The maximum atomic E-state index is 8.97. The van der Waals surface area contributed by atoms with Gasteiger partial charge < -0.3 is 10.2 Å². The Morgan fingerprint density at radius 1 is 1.50 bits per heavy atom. The third kappa shape index (κ3) is 2.60. The number of hydrogen-bond acceptors (Lipinski definition) is 3. The van der Waals surface area contributed by atoms with Gasteiger partial charge in [0.05, 0.1) is 11.6 Å². The van der Waals surface area contributed by atoms with Gasteiger partial charge in [0.25, 0.3) is 0 Å². The predicted octanol–water partition coefficient (Wildman–Crippen LogP) is 1.35. The van der Waals surface area contributed by atoms with E-state index in [-0.39, 0.29) is 0 Å². The van der Waals surface area contributed by atoms with Gasteiger partial charge in [0.2, 0.25) is 0 Å². The molecule has 1 atom stereocenters. The summed E-state index contributed by atoms with van der Waals surface area (Å²) in [6.07, 6.45) is 1.20. The summed E-state index contributed by atoms with van der Waals surface area (Å²) in [4.78, 5) is 2.33. The van der Waals surface area contributed by atoms with Crippen LogP contribution in [-0.4, -0.2) is 31.1 Å². The number of rotatable bonds is 3. The van der Waals surface area contributed by atoms with E-state index in [1.54, 1.807) is 0 Å². The van der Waals surface area contributed by atoms with Crippen molar-refractivity contribution in [3.05, 3.63) is 35.4 Å². The van der Waals surface area contributed by atoms with Crippen LogP contribution in [0.3, 0.4) is 0 Å². The summed E-state index contributed by atoms with van der Waals surface area (Å²) in [6, 6.07) is 10.6. The van der Waals surface area contributed by atoms with E-state index in [1.807, 2.05) is 24.3 Å². The van der Waals surface area contributed by atoms with Gasteiger partial charge in [-0.25, -0.2) is 0 Å². The Balaban J connectivity index is 1.92. The molecule has 3 nitrogen and oxygen atoms in total. The highest BCUT2D eigenvalue weighted by Crippen LogP contribution is 2.10. The largest absolute Gasteiger partial charge is 0.309 e. The van der Waals surface area contributed by atoms with Crippen LogP contribution in [0.4, 0.5) is 0 Å². The zero-order chi connectivity index (χ0) is 11.4. The zero-order valence-corrected chi connectivity index (χ0v) is 9.61. The van der Waals surface area contributed by atoms with Crippen LogP contribution in [0.2, 0.25) is 0 Å². The van der Waals surface area contributed by atoms with Crippen LogP contribution in [0.1, 0.15) is 17.5 Å². The first-order valence-electron chi connectivity index (χ1n) is 5.69. The minimum atomic E-state index is 0.566. The van der Waals surface area contributed by atoms with Crippen molar-refractivity contribution in [2.75, 3.05) is 20.1 Å². The van der Waals surface area contributed by atoms with Crippen LogP contribution in [0.15, 0.2) is 24.3 Å². The van der Waals surface area contributed by atoms with Crippen molar-refractivity contribution < 1.29 is 0 Å². The second-order valence-corrected chi connectivity index (χ2v) is 4.40. The molecule has 0 bridgehead atoms. The lowest BCUT2D eigenvalue weighted by Crippen LogP contribution is -2.31. The molecule has 1 aliphatic rings. The molecule has 0 saturated carbocycles. The lowest BCUT2D eigenvalue weighted by atomic mass is 10.1. The molecule has 84 valence electrons. The topological polar surface area (TPSA) is 39.1 Å². The maximum absolute atomic E-state index is 8.97. The first-order chi connectivity index (χ1) is 7.79. The van der Waals surface area contributed by atoms with Gasteiger partial charge in [-0.15, -0.1) is 0 Å². The summed E-state index contributed by atoms with van der Waals surface area (Å²) in [7, 11) is 2.14. The Labute approximate surface area is 96.7 Å². The normalized spacial score (nSPS) is 20.9. The molecule has 3 heteroatoms. The molecule has 1 saturated heterocycles. The van der Waals surface area contributed by atoms with Gasteiger partial charge in [-0.2, -0.15) is 5.26 Å². The van der Waals surface area contributed by atoms with Gasteiger partial charge in [-0.3, -0.25) is 0 Å². The van der Waals surface area contributed by atoms with E-state index in [9.17, 15) is 0 Å². The summed E-state index contributed by atoms with van der Waals surface area (Å²) in [5.41, 5.74) is 1.88. The fraction of sp³-hybridized carbons (Fsp3) is 0.462. The molecule has 1 unspecified atom stereocenters. The van der Waals surface area contributed by atoms with Gasteiger partial charge in [0, 0.05) is 19.1 Å². The summed E-state index contributed by atoms with van der Waals surface area (Å²) in [6.45, 7) is 3.06. The minimum absolute atomic E-state index is 0.566. The van der Waals surface area contributed by atoms with Crippen LogP contribution >= 0.6 is 0 Å². The van der Waals surface area contributed by atoms with Crippen LogP contribution in [0, 0.1) is 11.3 Å². The van der Waals surface area contributed by atoms with Crippen LogP contribution in [0.25, 0.3) is 0 Å². The first kappa shape index (κ1) is 11.1. The van der Waals surface area contributed by atoms with E-state index in [1.165, 1.54) is 6.42 Å². The van der Waals surface area contributed by atoms with Crippen molar-refractivity contribution in [2.24, 2.45) is 0 Å². The Morgan fingerprint density at radius 2 is 2.31 bits per heavy atom. The molecule has 0 aliphatic carbocycles.